The third-order valence-electron chi connectivity index (χ3n) is 1.40. The summed E-state index contributed by atoms with van der Waals surface area (Å²) in [5.74, 6) is 0.475. The molecule has 0 aromatic rings. The van der Waals surface area contributed by atoms with Crippen molar-refractivity contribution >= 4 is 15.5 Å². The van der Waals surface area contributed by atoms with E-state index in [1.54, 1.807) is 7.05 Å². The minimum Gasteiger partial charge on any atom is -0.296 e. The van der Waals surface area contributed by atoms with Gasteiger partial charge >= 0.3 is 0 Å². The third-order valence-corrected chi connectivity index (χ3v) is 3.00. The van der Waals surface area contributed by atoms with E-state index in [4.69, 9.17) is 0 Å². The SMILES string of the molecule is C/N=C1\CCS(=O)(=O)C1. The van der Waals surface area contributed by atoms with Gasteiger partial charge in [-0.3, -0.25) is 4.99 Å². The van der Waals surface area contributed by atoms with E-state index in [9.17, 15) is 8.42 Å². The van der Waals surface area contributed by atoms with Gasteiger partial charge in [-0.05, 0) is 0 Å². The lowest BCUT2D eigenvalue weighted by atomic mass is 10.3. The van der Waals surface area contributed by atoms with Crippen LogP contribution in [0.5, 0.6) is 0 Å². The first-order chi connectivity index (χ1) is 4.14. The largest absolute Gasteiger partial charge is 0.296 e. The molecule has 0 N–H and O–H groups in total. The monoisotopic (exact) mass is 147 g/mol. The molecule has 1 heterocycles. The lowest BCUT2D eigenvalue weighted by Gasteiger charge is -1.84. The summed E-state index contributed by atoms with van der Waals surface area (Å²) in [7, 11) is -1.10. The maximum atomic E-state index is 10.7. The third kappa shape index (κ3) is 1.51. The van der Waals surface area contributed by atoms with Crippen LogP contribution in [0.15, 0.2) is 4.99 Å². The molecule has 0 radical (unpaired) electrons. The van der Waals surface area contributed by atoms with Crippen molar-refractivity contribution in [3.63, 3.8) is 0 Å². The summed E-state index contributed by atoms with van der Waals surface area (Å²) in [6, 6.07) is 0. The van der Waals surface area contributed by atoms with Crippen molar-refractivity contribution < 1.29 is 8.42 Å². The van der Waals surface area contributed by atoms with E-state index in [1.165, 1.54) is 0 Å². The standard InChI is InChI=1S/C5H9NO2S/c1-6-5-2-3-9(7,8)4-5/h2-4H2,1H3/b6-5+. The van der Waals surface area contributed by atoms with Crippen LogP contribution in [0.4, 0.5) is 0 Å². The highest BCUT2D eigenvalue weighted by Crippen LogP contribution is 2.06. The van der Waals surface area contributed by atoms with Crippen LogP contribution in [0.25, 0.3) is 0 Å². The van der Waals surface area contributed by atoms with Crippen LogP contribution in [-0.4, -0.2) is 32.7 Å². The fourth-order valence-corrected chi connectivity index (χ4v) is 2.32. The molecule has 9 heavy (non-hydrogen) atoms. The lowest BCUT2D eigenvalue weighted by Crippen LogP contribution is -2.03. The summed E-state index contributed by atoms with van der Waals surface area (Å²) < 4.78 is 21.4. The molecule has 1 fully saturated rings. The van der Waals surface area contributed by atoms with Gasteiger partial charge in [-0.15, -0.1) is 0 Å². The molecule has 52 valence electrons. The summed E-state index contributed by atoms with van der Waals surface area (Å²) in [6.45, 7) is 0. The van der Waals surface area contributed by atoms with Gasteiger partial charge in [-0.1, -0.05) is 0 Å². The molecule has 0 bridgehead atoms. The van der Waals surface area contributed by atoms with Crippen molar-refractivity contribution in [1.29, 1.82) is 0 Å². The van der Waals surface area contributed by atoms with Gasteiger partial charge in [0.05, 0.1) is 11.5 Å². The quantitative estimate of drug-likeness (QED) is 0.479. The molecule has 4 heteroatoms. The first-order valence-corrected chi connectivity index (χ1v) is 4.61. The summed E-state index contributed by atoms with van der Waals surface area (Å²) in [4.78, 5) is 3.82. The molecule has 0 amide bonds. The zero-order valence-electron chi connectivity index (χ0n) is 5.29. The zero-order valence-corrected chi connectivity index (χ0v) is 6.11. The Labute approximate surface area is 54.7 Å². The Morgan fingerprint density at radius 1 is 1.56 bits per heavy atom. The molecule has 1 aliphatic heterocycles. The Morgan fingerprint density at radius 2 is 2.22 bits per heavy atom. The highest BCUT2D eigenvalue weighted by atomic mass is 32.2. The Morgan fingerprint density at radius 3 is 2.44 bits per heavy atom. The van der Waals surface area contributed by atoms with Gasteiger partial charge in [-0.2, -0.15) is 0 Å². The van der Waals surface area contributed by atoms with Gasteiger partial charge < -0.3 is 0 Å². The van der Waals surface area contributed by atoms with Crippen molar-refractivity contribution in [2.24, 2.45) is 4.99 Å². The average Bonchev–Trinajstić information content (AvgIpc) is 2.10. The number of nitrogens with zero attached hydrogens (tertiary/aromatic N) is 1. The van der Waals surface area contributed by atoms with Crippen LogP contribution in [0, 0.1) is 0 Å². The number of aliphatic imine (C=N–C) groups is 1. The van der Waals surface area contributed by atoms with E-state index in [0.29, 0.717) is 12.2 Å². The number of sulfone groups is 1. The first kappa shape index (κ1) is 6.74. The summed E-state index contributed by atoms with van der Waals surface area (Å²) in [5.41, 5.74) is 0.815. The Bertz CT molecular complexity index is 227. The predicted molar refractivity (Wildman–Crippen MR) is 36.6 cm³/mol. The van der Waals surface area contributed by atoms with Gasteiger partial charge in [0.1, 0.15) is 0 Å². The molecule has 0 aliphatic carbocycles. The second-order valence-corrected chi connectivity index (χ2v) is 4.32. The highest BCUT2D eigenvalue weighted by molar-refractivity contribution is 7.92. The lowest BCUT2D eigenvalue weighted by molar-refractivity contribution is 0.603. The number of hydrogen-bond acceptors (Lipinski definition) is 3. The maximum absolute atomic E-state index is 10.7. The van der Waals surface area contributed by atoms with E-state index in [1.807, 2.05) is 0 Å². The Balaban J connectivity index is 2.81. The van der Waals surface area contributed by atoms with Gasteiger partial charge in [0, 0.05) is 19.2 Å². The molecule has 1 aliphatic rings. The van der Waals surface area contributed by atoms with Crippen LogP contribution in [0.2, 0.25) is 0 Å². The van der Waals surface area contributed by atoms with Crippen molar-refractivity contribution in [1.82, 2.24) is 0 Å². The van der Waals surface area contributed by atoms with Gasteiger partial charge in [0.15, 0.2) is 9.84 Å². The smallest absolute Gasteiger partial charge is 0.156 e. The molecular formula is C5H9NO2S. The number of rotatable bonds is 0. The maximum Gasteiger partial charge on any atom is 0.156 e. The normalized spacial score (nSPS) is 29.2. The predicted octanol–water partition coefficient (Wildman–Crippen LogP) is -0.124. The van der Waals surface area contributed by atoms with E-state index in [2.05, 4.69) is 4.99 Å². The topological polar surface area (TPSA) is 46.5 Å². The Kier molecular flexibility index (Phi) is 1.57. The first-order valence-electron chi connectivity index (χ1n) is 2.79. The van der Waals surface area contributed by atoms with Gasteiger partial charge in [-0.25, -0.2) is 8.42 Å². The molecule has 0 saturated carbocycles. The fraction of sp³-hybridized carbons (Fsp3) is 0.800. The molecule has 3 nitrogen and oxygen atoms in total. The van der Waals surface area contributed by atoms with Crippen LogP contribution in [0.1, 0.15) is 6.42 Å². The Hall–Kier alpha value is -0.380. The number of hydrogen-bond donors (Lipinski definition) is 0. The average molecular weight is 147 g/mol. The second-order valence-electron chi connectivity index (χ2n) is 2.13. The van der Waals surface area contributed by atoms with Crippen molar-refractivity contribution in [3.8, 4) is 0 Å². The van der Waals surface area contributed by atoms with Crippen molar-refractivity contribution in [2.75, 3.05) is 18.6 Å². The molecule has 1 rings (SSSR count). The molecule has 0 spiro atoms. The minimum absolute atomic E-state index is 0.184. The molecule has 0 unspecified atom stereocenters. The van der Waals surface area contributed by atoms with Crippen LogP contribution in [-0.2, 0) is 9.84 Å². The van der Waals surface area contributed by atoms with Crippen molar-refractivity contribution in [2.45, 2.75) is 6.42 Å². The summed E-state index contributed by atoms with van der Waals surface area (Å²) in [6.07, 6.45) is 0.638. The highest BCUT2D eigenvalue weighted by Gasteiger charge is 2.22. The van der Waals surface area contributed by atoms with Crippen LogP contribution in [0.3, 0.4) is 0 Å². The van der Waals surface area contributed by atoms with E-state index in [0.717, 1.165) is 5.71 Å². The van der Waals surface area contributed by atoms with E-state index < -0.39 is 9.84 Å². The molecular weight excluding hydrogens is 138 g/mol. The molecule has 0 aromatic heterocycles. The van der Waals surface area contributed by atoms with E-state index in [-0.39, 0.29) is 5.75 Å². The summed E-state index contributed by atoms with van der Waals surface area (Å²) >= 11 is 0. The molecule has 0 atom stereocenters. The second kappa shape index (κ2) is 2.10. The van der Waals surface area contributed by atoms with Gasteiger partial charge in [0.2, 0.25) is 0 Å². The van der Waals surface area contributed by atoms with E-state index >= 15 is 0 Å². The minimum atomic E-state index is -2.74. The fourth-order valence-electron chi connectivity index (χ4n) is 0.848. The molecule has 1 saturated heterocycles. The van der Waals surface area contributed by atoms with Crippen LogP contribution < -0.4 is 0 Å². The zero-order chi connectivity index (χ0) is 6.91. The summed E-state index contributed by atoms with van der Waals surface area (Å²) in [5, 5.41) is 0. The molecule has 0 aromatic carbocycles. The van der Waals surface area contributed by atoms with Gasteiger partial charge in [0.25, 0.3) is 0 Å². The van der Waals surface area contributed by atoms with Crippen LogP contribution >= 0.6 is 0 Å². The van der Waals surface area contributed by atoms with Crippen molar-refractivity contribution in [3.05, 3.63) is 0 Å².